The van der Waals surface area contributed by atoms with Crippen molar-refractivity contribution in [1.29, 1.82) is 0 Å². The van der Waals surface area contributed by atoms with Gasteiger partial charge in [0.2, 0.25) is 0 Å². The Kier molecular flexibility index (Phi) is 6.59. The molecule has 1 atom stereocenters. The van der Waals surface area contributed by atoms with E-state index in [4.69, 9.17) is 11.2 Å². The summed E-state index contributed by atoms with van der Waals surface area (Å²) < 4.78 is 5.57. The Morgan fingerprint density at radius 1 is 1.33 bits per heavy atom. The highest BCUT2D eigenvalue weighted by molar-refractivity contribution is 5.33. The highest BCUT2D eigenvalue weighted by Crippen LogP contribution is 2.17. The predicted molar refractivity (Wildman–Crippen MR) is 87.3 cm³/mol. The lowest BCUT2D eigenvalue weighted by Gasteiger charge is -2.20. The molecule has 1 unspecified atom stereocenters. The normalized spacial score (nSPS) is 16.6. The lowest BCUT2D eigenvalue weighted by atomic mass is 10.1. The molecule has 0 spiro atoms. The number of benzene rings is 1. The maximum absolute atomic E-state index is 5.57. The average Bonchev–Trinajstić information content (AvgIpc) is 2.99. The van der Waals surface area contributed by atoms with Crippen molar-refractivity contribution >= 4 is 0 Å². The monoisotopic (exact) mass is 286 g/mol. The Bertz CT molecular complexity index is 461. The van der Waals surface area contributed by atoms with Crippen LogP contribution in [0.2, 0.25) is 0 Å². The third-order valence-electron chi connectivity index (χ3n) is 3.86. The van der Waals surface area contributed by atoms with Crippen molar-refractivity contribution in [1.82, 2.24) is 10.2 Å². The van der Waals surface area contributed by atoms with Crippen molar-refractivity contribution in [3.63, 3.8) is 0 Å². The second kappa shape index (κ2) is 8.71. The Hall–Kier alpha value is -1.50. The number of rotatable bonds is 8. The SMILES string of the molecule is C#CCOc1ccccc1CNCC(C)CN1CCCC1. The first kappa shape index (κ1) is 15.9. The summed E-state index contributed by atoms with van der Waals surface area (Å²) in [4.78, 5) is 2.57. The summed E-state index contributed by atoms with van der Waals surface area (Å²) >= 11 is 0. The number of hydrogen-bond donors (Lipinski definition) is 1. The van der Waals surface area contributed by atoms with Gasteiger partial charge in [0.05, 0.1) is 0 Å². The lowest BCUT2D eigenvalue weighted by molar-refractivity contribution is 0.282. The van der Waals surface area contributed by atoms with E-state index in [1.807, 2.05) is 18.2 Å². The molecule has 1 N–H and O–H groups in total. The van der Waals surface area contributed by atoms with Gasteiger partial charge in [-0.25, -0.2) is 0 Å². The summed E-state index contributed by atoms with van der Waals surface area (Å²) in [5.41, 5.74) is 1.17. The van der Waals surface area contributed by atoms with Crippen molar-refractivity contribution in [2.75, 3.05) is 32.8 Å². The van der Waals surface area contributed by atoms with Crippen LogP contribution < -0.4 is 10.1 Å². The first-order chi connectivity index (χ1) is 10.3. The molecule has 0 aromatic heterocycles. The number of ether oxygens (including phenoxy) is 1. The van der Waals surface area contributed by atoms with Crippen LogP contribution in [0.4, 0.5) is 0 Å². The number of terminal acetylenes is 1. The zero-order valence-electron chi connectivity index (χ0n) is 13.0. The molecule has 21 heavy (non-hydrogen) atoms. The molecule has 1 aromatic carbocycles. The number of para-hydroxylation sites is 1. The molecule has 1 aliphatic rings. The molecule has 0 bridgehead atoms. The van der Waals surface area contributed by atoms with Crippen molar-refractivity contribution in [2.45, 2.75) is 26.3 Å². The molecule has 0 aliphatic carbocycles. The van der Waals surface area contributed by atoms with E-state index in [0.29, 0.717) is 12.5 Å². The number of nitrogens with zero attached hydrogens (tertiary/aromatic N) is 1. The van der Waals surface area contributed by atoms with Crippen LogP contribution in [0, 0.1) is 18.3 Å². The van der Waals surface area contributed by atoms with Crippen molar-refractivity contribution in [3.05, 3.63) is 29.8 Å². The van der Waals surface area contributed by atoms with Crippen LogP contribution in [0.15, 0.2) is 24.3 Å². The fourth-order valence-electron chi connectivity index (χ4n) is 2.83. The summed E-state index contributed by atoms with van der Waals surface area (Å²) in [6.07, 6.45) is 7.97. The Morgan fingerprint density at radius 3 is 2.86 bits per heavy atom. The van der Waals surface area contributed by atoms with Crippen LogP contribution in [0.25, 0.3) is 0 Å². The fourth-order valence-corrected chi connectivity index (χ4v) is 2.83. The molecule has 2 rings (SSSR count). The van der Waals surface area contributed by atoms with E-state index < -0.39 is 0 Å². The van der Waals surface area contributed by atoms with E-state index in [9.17, 15) is 0 Å². The van der Waals surface area contributed by atoms with E-state index in [1.54, 1.807) is 0 Å². The fraction of sp³-hybridized carbons (Fsp3) is 0.556. The zero-order valence-corrected chi connectivity index (χ0v) is 13.0. The molecular weight excluding hydrogens is 260 g/mol. The number of nitrogens with one attached hydrogen (secondary N) is 1. The molecular formula is C18H26N2O. The molecule has 3 heteroatoms. The van der Waals surface area contributed by atoms with Gasteiger partial charge in [-0.3, -0.25) is 0 Å². The highest BCUT2D eigenvalue weighted by atomic mass is 16.5. The molecule has 0 amide bonds. The van der Waals surface area contributed by atoms with Crippen molar-refractivity contribution in [3.8, 4) is 18.1 Å². The quantitative estimate of drug-likeness (QED) is 0.743. The first-order valence-corrected chi connectivity index (χ1v) is 7.87. The minimum Gasteiger partial charge on any atom is -0.481 e. The second-order valence-electron chi connectivity index (χ2n) is 5.84. The van der Waals surface area contributed by atoms with E-state index in [1.165, 1.54) is 38.0 Å². The molecule has 1 aliphatic heterocycles. The number of likely N-dealkylation sites (tertiary alicyclic amines) is 1. The van der Waals surface area contributed by atoms with Crippen LogP contribution in [-0.2, 0) is 6.54 Å². The van der Waals surface area contributed by atoms with Crippen LogP contribution in [-0.4, -0.2) is 37.7 Å². The van der Waals surface area contributed by atoms with Crippen LogP contribution in [0.1, 0.15) is 25.3 Å². The van der Waals surface area contributed by atoms with Gasteiger partial charge < -0.3 is 15.0 Å². The molecule has 0 saturated carbocycles. The Morgan fingerprint density at radius 2 is 2.10 bits per heavy atom. The summed E-state index contributed by atoms with van der Waals surface area (Å²) in [5.74, 6) is 4.06. The van der Waals surface area contributed by atoms with E-state index in [2.05, 4.69) is 29.1 Å². The Balaban J connectivity index is 1.73. The minimum absolute atomic E-state index is 0.322. The zero-order chi connectivity index (χ0) is 14.9. The van der Waals surface area contributed by atoms with E-state index in [0.717, 1.165) is 18.8 Å². The van der Waals surface area contributed by atoms with Gasteiger partial charge in [0.1, 0.15) is 12.4 Å². The smallest absolute Gasteiger partial charge is 0.148 e. The van der Waals surface area contributed by atoms with Gasteiger partial charge in [0, 0.05) is 18.7 Å². The molecule has 1 fully saturated rings. The maximum Gasteiger partial charge on any atom is 0.148 e. The van der Waals surface area contributed by atoms with Gasteiger partial charge >= 0.3 is 0 Å². The molecule has 1 heterocycles. The summed E-state index contributed by atoms with van der Waals surface area (Å²) in [7, 11) is 0. The maximum atomic E-state index is 5.57. The molecule has 3 nitrogen and oxygen atoms in total. The van der Waals surface area contributed by atoms with Gasteiger partial charge in [0.25, 0.3) is 0 Å². The van der Waals surface area contributed by atoms with Crippen molar-refractivity contribution in [2.24, 2.45) is 5.92 Å². The topological polar surface area (TPSA) is 24.5 Å². The molecule has 1 saturated heterocycles. The molecule has 0 radical (unpaired) electrons. The van der Waals surface area contributed by atoms with Crippen LogP contribution in [0.5, 0.6) is 5.75 Å². The van der Waals surface area contributed by atoms with Gasteiger partial charge in [-0.2, -0.15) is 0 Å². The largest absolute Gasteiger partial charge is 0.481 e. The summed E-state index contributed by atoms with van der Waals surface area (Å²) in [5, 5.41) is 3.53. The predicted octanol–water partition coefficient (Wildman–Crippen LogP) is 2.52. The lowest BCUT2D eigenvalue weighted by Crippen LogP contribution is -2.31. The van der Waals surface area contributed by atoms with E-state index >= 15 is 0 Å². The third-order valence-corrected chi connectivity index (χ3v) is 3.86. The highest BCUT2D eigenvalue weighted by Gasteiger charge is 2.14. The van der Waals surface area contributed by atoms with Crippen LogP contribution >= 0.6 is 0 Å². The first-order valence-electron chi connectivity index (χ1n) is 7.87. The second-order valence-corrected chi connectivity index (χ2v) is 5.84. The molecule has 114 valence electrons. The average molecular weight is 286 g/mol. The van der Waals surface area contributed by atoms with Gasteiger partial charge in [0.15, 0.2) is 0 Å². The third kappa shape index (κ3) is 5.41. The standard InChI is InChI=1S/C18H26N2O/c1-3-12-21-18-9-5-4-8-17(18)14-19-13-16(2)15-20-10-6-7-11-20/h1,4-5,8-9,16,19H,6-7,10-15H2,2H3. The van der Waals surface area contributed by atoms with E-state index in [-0.39, 0.29) is 0 Å². The summed E-state index contributed by atoms with van der Waals surface area (Å²) in [6, 6.07) is 8.07. The minimum atomic E-state index is 0.322. The van der Waals surface area contributed by atoms with Crippen molar-refractivity contribution < 1.29 is 4.74 Å². The van der Waals surface area contributed by atoms with Gasteiger partial charge in [-0.15, -0.1) is 6.42 Å². The van der Waals surface area contributed by atoms with Gasteiger partial charge in [-0.1, -0.05) is 31.0 Å². The Labute approximate surface area is 128 Å². The van der Waals surface area contributed by atoms with Crippen LogP contribution in [0.3, 0.4) is 0 Å². The molecule has 1 aromatic rings. The number of hydrogen-bond acceptors (Lipinski definition) is 3. The summed E-state index contributed by atoms with van der Waals surface area (Å²) in [6.45, 7) is 8.22. The van der Waals surface area contributed by atoms with Gasteiger partial charge in [-0.05, 0) is 44.5 Å².